The predicted octanol–water partition coefficient (Wildman–Crippen LogP) is -2.43. The second kappa shape index (κ2) is 4.37. The molecule has 6 N–H and O–H groups in total. The first-order valence-corrected chi connectivity index (χ1v) is 5.93. The molecule has 0 spiro atoms. The maximum atomic E-state index is 12.0. The van der Waals surface area contributed by atoms with Crippen LogP contribution in [0.2, 0.25) is 0 Å². The third kappa shape index (κ3) is 1.82. The lowest BCUT2D eigenvalue weighted by Crippen LogP contribution is -2.56. The molecule has 9 nitrogen and oxygen atoms in total. The fraction of sp³-hybridized carbons (Fsp3) is 0.600. The van der Waals surface area contributed by atoms with Crippen molar-refractivity contribution in [2.24, 2.45) is 10.7 Å². The van der Waals surface area contributed by atoms with Gasteiger partial charge in [0.25, 0.3) is 0 Å². The van der Waals surface area contributed by atoms with Crippen molar-refractivity contribution < 1.29 is 19.7 Å². The number of amides is 2. The zero-order valence-electron chi connectivity index (χ0n) is 9.98. The number of aliphatic hydroxyl groups excluding tert-OH is 2. The molecule has 0 aromatic rings. The van der Waals surface area contributed by atoms with Crippen molar-refractivity contribution in [2.75, 3.05) is 6.61 Å². The topological polar surface area (TPSA) is 132 Å². The number of aliphatic hydroxyl groups is 2. The van der Waals surface area contributed by atoms with Crippen molar-refractivity contribution in [3.8, 4) is 0 Å². The van der Waals surface area contributed by atoms with Crippen LogP contribution >= 0.6 is 0 Å². The molecule has 0 aromatic carbocycles. The summed E-state index contributed by atoms with van der Waals surface area (Å²) in [7, 11) is 0. The number of nitrogens with zero attached hydrogens (tertiary/aromatic N) is 2. The van der Waals surface area contributed by atoms with Crippen molar-refractivity contribution >= 4 is 12.4 Å². The van der Waals surface area contributed by atoms with Gasteiger partial charge in [-0.15, -0.1) is 0 Å². The van der Waals surface area contributed by atoms with Gasteiger partial charge in [-0.2, -0.15) is 0 Å². The Bertz CT molecular complexity index is 465. The van der Waals surface area contributed by atoms with Crippen molar-refractivity contribution in [1.29, 1.82) is 0 Å². The summed E-state index contributed by atoms with van der Waals surface area (Å²) in [5, 5.41) is 24.3. The number of urea groups is 1. The zero-order chi connectivity index (χ0) is 13.6. The minimum absolute atomic E-state index is 0.193. The Morgan fingerprint density at radius 1 is 1.63 bits per heavy atom. The van der Waals surface area contributed by atoms with E-state index in [2.05, 4.69) is 15.6 Å². The zero-order valence-corrected chi connectivity index (χ0v) is 9.98. The number of hydrogen-bond acceptors (Lipinski definition) is 7. The van der Waals surface area contributed by atoms with E-state index >= 15 is 0 Å². The van der Waals surface area contributed by atoms with Crippen molar-refractivity contribution in [1.82, 2.24) is 15.5 Å². The largest absolute Gasteiger partial charge is 0.394 e. The number of nitrogens with one attached hydrogen (secondary N) is 2. The van der Waals surface area contributed by atoms with Crippen molar-refractivity contribution in [2.45, 2.75) is 31.0 Å². The highest BCUT2D eigenvalue weighted by Crippen LogP contribution is 2.28. The number of nitrogens with two attached hydrogens (primary N) is 1. The van der Waals surface area contributed by atoms with E-state index < -0.39 is 30.6 Å². The quantitative estimate of drug-likeness (QED) is 0.378. The maximum absolute atomic E-state index is 12.0. The van der Waals surface area contributed by atoms with E-state index in [0.29, 0.717) is 5.70 Å². The van der Waals surface area contributed by atoms with E-state index in [4.69, 9.17) is 15.6 Å². The van der Waals surface area contributed by atoms with Gasteiger partial charge in [-0.05, 0) is 0 Å². The molecule has 9 heteroatoms. The number of aliphatic imine (C=N–C) groups is 1. The van der Waals surface area contributed by atoms with Crippen LogP contribution in [-0.2, 0) is 4.74 Å². The first-order chi connectivity index (χ1) is 9.11. The average molecular weight is 269 g/mol. The van der Waals surface area contributed by atoms with Crippen LogP contribution < -0.4 is 16.4 Å². The monoisotopic (exact) mass is 269 g/mol. The Labute approximate surface area is 108 Å². The highest BCUT2D eigenvalue weighted by Gasteiger charge is 2.43. The van der Waals surface area contributed by atoms with Crippen LogP contribution in [0.5, 0.6) is 0 Å². The first-order valence-electron chi connectivity index (χ1n) is 5.93. The van der Waals surface area contributed by atoms with Crippen LogP contribution in [0.4, 0.5) is 4.79 Å². The molecule has 3 rings (SSSR count). The average Bonchev–Trinajstić information content (AvgIpc) is 2.95. The molecule has 3 aliphatic rings. The van der Waals surface area contributed by atoms with E-state index in [-0.39, 0.29) is 18.8 Å². The number of carbonyl (C=O) groups excluding carboxylic acids is 1. The van der Waals surface area contributed by atoms with Gasteiger partial charge < -0.3 is 31.3 Å². The molecule has 1 fully saturated rings. The first kappa shape index (κ1) is 12.2. The number of fused-ring (bicyclic) bond motifs is 1. The molecule has 0 bridgehead atoms. The molecular formula is C10H15N5O4. The minimum Gasteiger partial charge on any atom is -0.394 e. The van der Waals surface area contributed by atoms with Gasteiger partial charge in [0, 0.05) is 6.42 Å². The highest BCUT2D eigenvalue weighted by molar-refractivity contribution is 5.81. The Hall–Kier alpha value is -1.84. The summed E-state index contributed by atoms with van der Waals surface area (Å²) in [5.41, 5.74) is 6.52. The molecule has 0 aliphatic carbocycles. The Kier molecular flexibility index (Phi) is 2.81. The molecule has 2 unspecified atom stereocenters. The van der Waals surface area contributed by atoms with Gasteiger partial charge in [-0.25, -0.2) is 9.79 Å². The van der Waals surface area contributed by atoms with Crippen molar-refractivity contribution in [3.63, 3.8) is 0 Å². The third-order valence-electron chi connectivity index (χ3n) is 3.40. The van der Waals surface area contributed by atoms with E-state index in [1.54, 1.807) is 0 Å². The third-order valence-corrected chi connectivity index (χ3v) is 3.40. The molecule has 0 saturated carbocycles. The van der Waals surface area contributed by atoms with Crippen LogP contribution in [0.3, 0.4) is 0 Å². The highest BCUT2D eigenvalue weighted by atomic mass is 16.5. The Morgan fingerprint density at radius 3 is 3.11 bits per heavy atom. The smallest absolute Gasteiger partial charge is 0.327 e. The molecule has 4 atom stereocenters. The fourth-order valence-corrected chi connectivity index (χ4v) is 2.41. The Balaban J connectivity index is 1.85. The molecule has 0 radical (unpaired) electrons. The van der Waals surface area contributed by atoms with Gasteiger partial charge in [0.05, 0.1) is 19.0 Å². The summed E-state index contributed by atoms with van der Waals surface area (Å²) < 4.78 is 5.43. The normalized spacial score (nSPS) is 37.4. The standard InChI is InChI=1S/C10H15N5O4/c11-8-7-9(13-3-12-7)14-10(18)15(8)6-1-4(17)5(2-16)19-6/h3-6,9,16-17H,1-2,11H2,(H,12,13)(H,14,18)/t4-,5+,6?,9?/m0/s1. The summed E-state index contributed by atoms with van der Waals surface area (Å²) in [5.74, 6) is 0.210. The SMILES string of the molecule is NC1=C2NC=NC2NC(=O)N1C1C[C@H](O)[C@@H](CO)O1. The molecular weight excluding hydrogens is 254 g/mol. The van der Waals surface area contributed by atoms with Crippen LogP contribution in [0.15, 0.2) is 16.5 Å². The summed E-state index contributed by atoms with van der Waals surface area (Å²) in [6, 6.07) is -0.442. The van der Waals surface area contributed by atoms with Crippen LogP contribution in [0, 0.1) is 0 Å². The molecule has 3 heterocycles. The molecule has 1 saturated heterocycles. The minimum atomic E-state index is -0.828. The molecule has 104 valence electrons. The fourth-order valence-electron chi connectivity index (χ4n) is 2.41. The van der Waals surface area contributed by atoms with Crippen LogP contribution in [-0.4, -0.2) is 58.7 Å². The lowest BCUT2D eigenvalue weighted by atomic mass is 10.2. The summed E-state index contributed by atoms with van der Waals surface area (Å²) >= 11 is 0. The van der Waals surface area contributed by atoms with E-state index in [1.807, 2.05) is 0 Å². The molecule has 0 aromatic heterocycles. The number of carbonyl (C=O) groups is 1. The van der Waals surface area contributed by atoms with Gasteiger partial charge in [0.15, 0.2) is 6.17 Å². The van der Waals surface area contributed by atoms with Gasteiger partial charge in [-0.3, -0.25) is 4.90 Å². The van der Waals surface area contributed by atoms with Gasteiger partial charge in [0.1, 0.15) is 23.8 Å². The second-order valence-electron chi connectivity index (χ2n) is 4.56. The van der Waals surface area contributed by atoms with Gasteiger partial charge in [0.2, 0.25) is 0 Å². The predicted molar refractivity (Wildman–Crippen MR) is 63.4 cm³/mol. The summed E-state index contributed by atoms with van der Waals surface area (Å²) in [6.45, 7) is -0.312. The Morgan fingerprint density at radius 2 is 2.42 bits per heavy atom. The number of hydrogen-bond donors (Lipinski definition) is 5. The van der Waals surface area contributed by atoms with E-state index in [9.17, 15) is 9.90 Å². The lowest BCUT2D eigenvalue weighted by Gasteiger charge is -2.34. The van der Waals surface area contributed by atoms with Crippen molar-refractivity contribution in [3.05, 3.63) is 11.5 Å². The summed E-state index contributed by atoms with van der Waals surface area (Å²) in [4.78, 5) is 17.2. The van der Waals surface area contributed by atoms with Gasteiger partial charge >= 0.3 is 6.03 Å². The lowest BCUT2D eigenvalue weighted by molar-refractivity contribution is -0.0579. The second-order valence-corrected chi connectivity index (χ2v) is 4.56. The molecule has 2 amide bonds. The van der Waals surface area contributed by atoms with E-state index in [0.717, 1.165) is 0 Å². The van der Waals surface area contributed by atoms with Gasteiger partial charge in [-0.1, -0.05) is 0 Å². The molecule has 3 aliphatic heterocycles. The number of rotatable bonds is 2. The van der Waals surface area contributed by atoms with E-state index in [1.165, 1.54) is 11.2 Å². The van der Waals surface area contributed by atoms with Crippen LogP contribution in [0.1, 0.15) is 6.42 Å². The number of ether oxygens (including phenoxy) is 1. The maximum Gasteiger partial charge on any atom is 0.327 e. The van der Waals surface area contributed by atoms with Crippen LogP contribution in [0.25, 0.3) is 0 Å². The molecule has 19 heavy (non-hydrogen) atoms. The summed E-state index contributed by atoms with van der Waals surface area (Å²) in [6.07, 6.45) is -1.09.